The van der Waals surface area contributed by atoms with Crippen LogP contribution < -0.4 is 16.6 Å². The van der Waals surface area contributed by atoms with Crippen molar-refractivity contribution in [3.8, 4) is 0 Å². The predicted molar refractivity (Wildman–Crippen MR) is 70.1 cm³/mol. The van der Waals surface area contributed by atoms with E-state index < -0.39 is 0 Å². The lowest BCUT2D eigenvalue weighted by molar-refractivity contribution is 0.684. The SMILES string of the molecule is CC(C)CNc1nc2ccc(N)cc2c(=O)[nH]1. The lowest BCUT2D eigenvalue weighted by Gasteiger charge is -2.08. The van der Waals surface area contributed by atoms with Gasteiger partial charge in [0.25, 0.3) is 5.56 Å². The molecule has 90 valence electrons. The Labute approximate surface area is 99.1 Å². The highest BCUT2D eigenvalue weighted by Crippen LogP contribution is 2.12. The van der Waals surface area contributed by atoms with Crippen molar-refractivity contribution in [1.82, 2.24) is 9.97 Å². The van der Waals surface area contributed by atoms with Gasteiger partial charge in [0.2, 0.25) is 5.95 Å². The second-order valence-electron chi connectivity index (χ2n) is 4.47. The highest BCUT2D eigenvalue weighted by molar-refractivity contribution is 5.81. The third-order valence-corrected chi connectivity index (χ3v) is 2.41. The summed E-state index contributed by atoms with van der Waals surface area (Å²) in [4.78, 5) is 18.8. The van der Waals surface area contributed by atoms with E-state index in [0.29, 0.717) is 28.5 Å². The van der Waals surface area contributed by atoms with Gasteiger partial charge in [-0.05, 0) is 24.1 Å². The zero-order chi connectivity index (χ0) is 12.4. The van der Waals surface area contributed by atoms with E-state index in [-0.39, 0.29) is 5.56 Å². The van der Waals surface area contributed by atoms with Crippen LogP contribution >= 0.6 is 0 Å². The van der Waals surface area contributed by atoms with Crippen LogP contribution in [0.5, 0.6) is 0 Å². The maximum absolute atomic E-state index is 11.8. The molecule has 2 aromatic rings. The number of aromatic amines is 1. The van der Waals surface area contributed by atoms with Crippen LogP contribution in [0.25, 0.3) is 10.9 Å². The van der Waals surface area contributed by atoms with Gasteiger partial charge in [0.15, 0.2) is 0 Å². The van der Waals surface area contributed by atoms with Crippen molar-refractivity contribution in [2.24, 2.45) is 5.92 Å². The molecule has 0 spiro atoms. The average Bonchev–Trinajstić information content (AvgIpc) is 2.27. The smallest absolute Gasteiger partial charge is 0.260 e. The van der Waals surface area contributed by atoms with E-state index in [1.165, 1.54) is 0 Å². The molecule has 5 heteroatoms. The van der Waals surface area contributed by atoms with Gasteiger partial charge in [-0.15, -0.1) is 0 Å². The van der Waals surface area contributed by atoms with Gasteiger partial charge in [-0.1, -0.05) is 13.8 Å². The zero-order valence-electron chi connectivity index (χ0n) is 9.95. The van der Waals surface area contributed by atoms with Crippen LogP contribution in [0.1, 0.15) is 13.8 Å². The Balaban J connectivity index is 2.42. The Morgan fingerprint density at radius 3 is 2.94 bits per heavy atom. The molecule has 0 amide bonds. The number of fused-ring (bicyclic) bond motifs is 1. The minimum atomic E-state index is -0.173. The molecular formula is C12H16N4O. The molecule has 0 atom stereocenters. The van der Waals surface area contributed by atoms with Crippen molar-refractivity contribution in [2.75, 3.05) is 17.6 Å². The van der Waals surface area contributed by atoms with Crippen molar-refractivity contribution in [3.63, 3.8) is 0 Å². The van der Waals surface area contributed by atoms with E-state index in [0.717, 1.165) is 6.54 Å². The van der Waals surface area contributed by atoms with Gasteiger partial charge in [-0.25, -0.2) is 4.98 Å². The molecule has 0 unspecified atom stereocenters. The number of rotatable bonds is 3. The molecule has 1 heterocycles. The first-order valence-electron chi connectivity index (χ1n) is 5.59. The molecule has 0 aliphatic heterocycles. The molecule has 1 aromatic carbocycles. The molecule has 1 aromatic heterocycles. The minimum absolute atomic E-state index is 0.173. The van der Waals surface area contributed by atoms with Crippen molar-refractivity contribution in [3.05, 3.63) is 28.6 Å². The van der Waals surface area contributed by atoms with E-state index in [9.17, 15) is 4.79 Å². The molecule has 0 saturated heterocycles. The van der Waals surface area contributed by atoms with Crippen molar-refractivity contribution in [1.29, 1.82) is 0 Å². The maximum atomic E-state index is 11.8. The number of benzene rings is 1. The normalized spacial score (nSPS) is 11.0. The monoisotopic (exact) mass is 232 g/mol. The quantitative estimate of drug-likeness (QED) is 0.701. The summed E-state index contributed by atoms with van der Waals surface area (Å²) in [7, 11) is 0. The third-order valence-electron chi connectivity index (χ3n) is 2.41. The molecule has 5 nitrogen and oxygen atoms in total. The number of nitrogens with zero attached hydrogens (tertiary/aromatic N) is 1. The van der Waals surface area contributed by atoms with Gasteiger partial charge in [0, 0.05) is 12.2 Å². The number of nitrogen functional groups attached to an aromatic ring is 1. The van der Waals surface area contributed by atoms with E-state index >= 15 is 0 Å². The van der Waals surface area contributed by atoms with Crippen molar-refractivity contribution in [2.45, 2.75) is 13.8 Å². The number of hydrogen-bond acceptors (Lipinski definition) is 4. The van der Waals surface area contributed by atoms with Gasteiger partial charge in [0.1, 0.15) is 0 Å². The number of aromatic nitrogens is 2. The summed E-state index contributed by atoms with van der Waals surface area (Å²) in [6.07, 6.45) is 0. The Hall–Kier alpha value is -2.04. The molecule has 2 rings (SSSR count). The van der Waals surface area contributed by atoms with Crippen LogP contribution in [0.2, 0.25) is 0 Å². The van der Waals surface area contributed by atoms with E-state index in [4.69, 9.17) is 5.73 Å². The summed E-state index contributed by atoms with van der Waals surface area (Å²) < 4.78 is 0. The zero-order valence-corrected chi connectivity index (χ0v) is 9.95. The number of nitrogens with two attached hydrogens (primary N) is 1. The summed E-state index contributed by atoms with van der Waals surface area (Å²) >= 11 is 0. The van der Waals surface area contributed by atoms with Crippen molar-refractivity contribution >= 4 is 22.5 Å². The fraction of sp³-hybridized carbons (Fsp3) is 0.333. The fourth-order valence-electron chi connectivity index (χ4n) is 1.54. The molecular weight excluding hydrogens is 216 g/mol. The predicted octanol–water partition coefficient (Wildman–Crippen LogP) is 1.57. The summed E-state index contributed by atoms with van der Waals surface area (Å²) in [5, 5.41) is 3.61. The van der Waals surface area contributed by atoms with Crippen LogP contribution in [0.15, 0.2) is 23.0 Å². The lowest BCUT2D eigenvalue weighted by Crippen LogP contribution is -2.16. The Kier molecular flexibility index (Phi) is 2.99. The summed E-state index contributed by atoms with van der Waals surface area (Å²) in [5.74, 6) is 0.989. The first kappa shape index (κ1) is 11.4. The minimum Gasteiger partial charge on any atom is -0.399 e. The number of hydrogen-bond donors (Lipinski definition) is 3. The Morgan fingerprint density at radius 1 is 1.47 bits per heavy atom. The lowest BCUT2D eigenvalue weighted by atomic mass is 10.2. The Bertz CT molecular complexity index is 589. The van der Waals surface area contributed by atoms with Crippen LogP contribution in [0.4, 0.5) is 11.6 Å². The van der Waals surface area contributed by atoms with Crippen LogP contribution in [-0.2, 0) is 0 Å². The summed E-state index contributed by atoms with van der Waals surface area (Å²) in [6.45, 7) is 4.95. The second kappa shape index (κ2) is 4.45. The van der Waals surface area contributed by atoms with E-state index in [1.54, 1.807) is 18.2 Å². The van der Waals surface area contributed by atoms with Gasteiger partial charge in [0.05, 0.1) is 10.9 Å². The Morgan fingerprint density at radius 2 is 2.24 bits per heavy atom. The number of anilines is 2. The molecule has 4 N–H and O–H groups in total. The number of nitrogens with one attached hydrogen (secondary N) is 2. The summed E-state index contributed by atoms with van der Waals surface area (Å²) in [5.41, 5.74) is 6.67. The largest absolute Gasteiger partial charge is 0.399 e. The summed E-state index contributed by atoms with van der Waals surface area (Å²) in [6, 6.07) is 5.12. The highest BCUT2D eigenvalue weighted by Gasteiger charge is 2.04. The van der Waals surface area contributed by atoms with Crippen LogP contribution in [-0.4, -0.2) is 16.5 Å². The van der Waals surface area contributed by atoms with Gasteiger partial charge >= 0.3 is 0 Å². The van der Waals surface area contributed by atoms with Gasteiger partial charge < -0.3 is 11.1 Å². The fourth-order valence-corrected chi connectivity index (χ4v) is 1.54. The number of H-pyrrole nitrogens is 1. The topological polar surface area (TPSA) is 83.8 Å². The molecule has 0 saturated carbocycles. The highest BCUT2D eigenvalue weighted by atomic mass is 16.1. The third kappa shape index (κ3) is 2.55. The average molecular weight is 232 g/mol. The first-order valence-corrected chi connectivity index (χ1v) is 5.59. The molecule has 0 fully saturated rings. The van der Waals surface area contributed by atoms with Crippen LogP contribution in [0.3, 0.4) is 0 Å². The van der Waals surface area contributed by atoms with E-state index in [2.05, 4.69) is 29.1 Å². The molecule has 0 bridgehead atoms. The molecule has 17 heavy (non-hydrogen) atoms. The van der Waals surface area contributed by atoms with Gasteiger partial charge in [-0.3, -0.25) is 9.78 Å². The molecule has 0 radical (unpaired) electrons. The van der Waals surface area contributed by atoms with E-state index in [1.807, 2.05) is 0 Å². The van der Waals surface area contributed by atoms with Crippen molar-refractivity contribution < 1.29 is 0 Å². The molecule has 0 aliphatic carbocycles. The standard InChI is InChI=1S/C12H16N4O/c1-7(2)6-14-12-15-10-4-3-8(13)5-9(10)11(17)16-12/h3-5,7H,6,13H2,1-2H3,(H2,14,15,16,17). The maximum Gasteiger partial charge on any atom is 0.260 e. The molecule has 0 aliphatic rings. The van der Waals surface area contributed by atoms with Crippen LogP contribution in [0, 0.1) is 5.92 Å². The van der Waals surface area contributed by atoms with Gasteiger partial charge in [-0.2, -0.15) is 0 Å². The second-order valence-corrected chi connectivity index (χ2v) is 4.47. The first-order chi connectivity index (χ1) is 8.06.